The quantitative estimate of drug-likeness (QED) is 0.507. The molecule has 0 aliphatic carbocycles. The molecule has 146 valence electrons. The van der Waals surface area contributed by atoms with Crippen LogP contribution in [0.25, 0.3) is 11.0 Å². The summed E-state index contributed by atoms with van der Waals surface area (Å²) in [6, 6.07) is 24.1. The smallest absolute Gasteiger partial charge is 0.252 e. The maximum absolute atomic E-state index is 13.0. The van der Waals surface area contributed by atoms with E-state index < -0.39 is 6.04 Å². The summed E-state index contributed by atoms with van der Waals surface area (Å²) in [5, 5.41) is 4.08. The Bertz CT molecular complexity index is 1100. The molecule has 4 aromatic rings. The van der Waals surface area contributed by atoms with Gasteiger partial charge >= 0.3 is 0 Å². The lowest BCUT2D eigenvalue weighted by atomic mass is 10.0. The van der Waals surface area contributed by atoms with E-state index in [2.05, 4.69) is 5.32 Å². The minimum absolute atomic E-state index is 0.236. The molecule has 29 heavy (non-hydrogen) atoms. The maximum atomic E-state index is 13.0. The molecule has 0 bridgehead atoms. The Labute approximate surface area is 168 Å². The third kappa shape index (κ3) is 3.80. The van der Waals surface area contributed by atoms with Crippen LogP contribution in [0.1, 0.15) is 27.7 Å². The van der Waals surface area contributed by atoms with Crippen LogP contribution < -0.4 is 14.8 Å². The number of hydrogen-bond donors (Lipinski definition) is 1. The molecule has 0 radical (unpaired) electrons. The summed E-state index contributed by atoms with van der Waals surface area (Å²) in [5.74, 6) is 1.51. The summed E-state index contributed by atoms with van der Waals surface area (Å²) in [7, 11) is 3.10. The fourth-order valence-electron chi connectivity index (χ4n) is 3.30. The van der Waals surface area contributed by atoms with Crippen molar-refractivity contribution in [2.75, 3.05) is 14.2 Å². The van der Waals surface area contributed by atoms with Crippen molar-refractivity contribution in [1.82, 2.24) is 5.32 Å². The van der Waals surface area contributed by atoms with Gasteiger partial charge < -0.3 is 19.2 Å². The Hall–Kier alpha value is -3.73. The molecular weight excluding hydrogens is 366 g/mol. The van der Waals surface area contributed by atoms with Crippen LogP contribution in [0.3, 0.4) is 0 Å². The van der Waals surface area contributed by atoms with Crippen molar-refractivity contribution in [1.29, 1.82) is 0 Å². The largest absolute Gasteiger partial charge is 0.493 e. The second-order valence-corrected chi connectivity index (χ2v) is 6.57. The van der Waals surface area contributed by atoms with Crippen LogP contribution in [0, 0.1) is 0 Å². The van der Waals surface area contributed by atoms with Crippen molar-refractivity contribution in [3.8, 4) is 11.5 Å². The van der Waals surface area contributed by atoms with Gasteiger partial charge in [0.2, 0.25) is 0 Å². The first-order chi connectivity index (χ1) is 14.2. The number of ether oxygens (including phenoxy) is 2. The number of carbonyl (C=O) groups excluding carboxylic acids is 1. The molecule has 0 fully saturated rings. The molecule has 1 atom stereocenters. The number of para-hydroxylation sites is 1. The average Bonchev–Trinajstić information content (AvgIpc) is 3.21. The van der Waals surface area contributed by atoms with Crippen LogP contribution >= 0.6 is 0 Å². The summed E-state index contributed by atoms with van der Waals surface area (Å²) in [6.07, 6.45) is 0. The molecule has 1 aromatic heterocycles. The van der Waals surface area contributed by atoms with Crippen LogP contribution in [0.2, 0.25) is 0 Å². The summed E-state index contributed by atoms with van der Waals surface area (Å²) in [4.78, 5) is 13.0. The highest BCUT2D eigenvalue weighted by molar-refractivity contribution is 5.95. The van der Waals surface area contributed by atoms with Gasteiger partial charge in [0, 0.05) is 10.9 Å². The molecule has 3 aromatic carbocycles. The molecule has 5 heteroatoms. The second-order valence-electron chi connectivity index (χ2n) is 6.57. The number of rotatable bonds is 6. The third-order valence-corrected chi connectivity index (χ3v) is 4.78. The van der Waals surface area contributed by atoms with Gasteiger partial charge in [0.05, 0.1) is 14.2 Å². The van der Waals surface area contributed by atoms with Gasteiger partial charge in [0.25, 0.3) is 5.91 Å². The van der Waals surface area contributed by atoms with E-state index in [0.29, 0.717) is 22.8 Å². The van der Waals surface area contributed by atoms with E-state index in [1.165, 1.54) is 0 Å². The van der Waals surface area contributed by atoms with E-state index >= 15 is 0 Å². The molecule has 4 rings (SSSR count). The van der Waals surface area contributed by atoms with E-state index in [1.54, 1.807) is 32.4 Å². The fraction of sp³-hybridized carbons (Fsp3) is 0.125. The van der Waals surface area contributed by atoms with Crippen molar-refractivity contribution in [3.05, 3.63) is 95.7 Å². The highest BCUT2D eigenvalue weighted by Crippen LogP contribution is 2.30. The number of nitrogens with one attached hydrogen (secondary N) is 1. The monoisotopic (exact) mass is 387 g/mol. The first-order valence-electron chi connectivity index (χ1n) is 9.26. The number of carbonyl (C=O) groups is 1. The molecule has 1 amide bonds. The molecule has 0 saturated heterocycles. The van der Waals surface area contributed by atoms with E-state index in [1.807, 2.05) is 60.7 Å². The standard InChI is InChI=1S/C24H21NO4/c1-27-20-13-12-18(15-21(20)28-2)24(26)25-23(16-8-4-3-5-9-16)22-14-17-10-6-7-11-19(17)29-22/h3-15,23H,1-2H3,(H,25,26)/t23-/m0/s1. The van der Waals surface area contributed by atoms with Crippen LogP contribution in [0.15, 0.2) is 83.3 Å². The van der Waals surface area contributed by atoms with Crippen LogP contribution in [0.4, 0.5) is 0 Å². The molecule has 1 heterocycles. The number of benzene rings is 3. The van der Waals surface area contributed by atoms with Gasteiger partial charge in [-0.3, -0.25) is 4.79 Å². The van der Waals surface area contributed by atoms with Crippen molar-refractivity contribution < 1.29 is 18.7 Å². The van der Waals surface area contributed by atoms with Crippen molar-refractivity contribution >= 4 is 16.9 Å². The van der Waals surface area contributed by atoms with E-state index in [-0.39, 0.29) is 5.91 Å². The van der Waals surface area contributed by atoms with Gasteiger partial charge in [-0.2, -0.15) is 0 Å². The average molecular weight is 387 g/mol. The molecule has 0 saturated carbocycles. The highest BCUT2D eigenvalue weighted by atomic mass is 16.5. The SMILES string of the molecule is COc1ccc(C(=O)N[C@@H](c2ccccc2)c2cc3ccccc3o2)cc1OC. The van der Waals surface area contributed by atoms with Gasteiger partial charge in [-0.15, -0.1) is 0 Å². The van der Waals surface area contributed by atoms with Crippen molar-refractivity contribution in [3.63, 3.8) is 0 Å². The molecular formula is C24H21NO4. The van der Waals surface area contributed by atoms with E-state index in [9.17, 15) is 4.79 Å². The van der Waals surface area contributed by atoms with Gasteiger partial charge in [-0.05, 0) is 35.9 Å². The zero-order valence-electron chi connectivity index (χ0n) is 16.2. The molecule has 5 nitrogen and oxygen atoms in total. The molecule has 0 aliphatic rings. The Morgan fingerprint density at radius 3 is 2.31 bits per heavy atom. The molecule has 0 aliphatic heterocycles. The zero-order valence-corrected chi connectivity index (χ0v) is 16.2. The normalized spacial score (nSPS) is 11.8. The fourth-order valence-corrected chi connectivity index (χ4v) is 3.30. The first-order valence-corrected chi connectivity index (χ1v) is 9.26. The summed E-state index contributed by atoms with van der Waals surface area (Å²) in [5.41, 5.74) is 2.18. The lowest BCUT2D eigenvalue weighted by Crippen LogP contribution is -2.29. The predicted molar refractivity (Wildman–Crippen MR) is 112 cm³/mol. The Kier molecular flexibility index (Phi) is 5.20. The highest BCUT2D eigenvalue weighted by Gasteiger charge is 2.22. The molecule has 0 spiro atoms. The molecule has 0 unspecified atom stereocenters. The van der Waals surface area contributed by atoms with E-state index in [0.717, 1.165) is 16.5 Å². The third-order valence-electron chi connectivity index (χ3n) is 4.78. The number of methoxy groups -OCH3 is 2. The lowest BCUT2D eigenvalue weighted by Gasteiger charge is -2.18. The van der Waals surface area contributed by atoms with Gasteiger partial charge in [-0.1, -0.05) is 48.5 Å². The predicted octanol–water partition coefficient (Wildman–Crippen LogP) is 4.97. The Balaban J connectivity index is 1.70. The Morgan fingerprint density at radius 2 is 1.59 bits per heavy atom. The topological polar surface area (TPSA) is 60.7 Å². The van der Waals surface area contributed by atoms with Crippen molar-refractivity contribution in [2.24, 2.45) is 0 Å². The summed E-state index contributed by atoms with van der Waals surface area (Å²) in [6.45, 7) is 0. The van der Waals surface area contributed by atoms with Crippen LogP contribution in [0.5, 0.6) is 11.5 Å². The van der Waals surface area contributed by atoms with Crippen molar-refractivity contribution in [2.45, 2.75) is 6.04 Å². The summed E-state index contributed by atoms with van der Waals surface area (Å²) >= 11 is 0. The lowest BCUT2D eigenvalue weighted by molar-refractivity contribution is 0.0939. The minimum atomic E-state index is -0.427. The minimum Gasteiger partial charge on any atom is -0.493 e. The maximum Gasteiger partial charge on any atom is 0.252 e. The molecule has 1 N–H and O–H groups in total. The summed E-state index contributed by atoms with van der Waals surface area (Å²) < 4.78 is 16.6. The number of fused-ring (bicyclic) bond motifs is 1. The van der Waals surface area contributed by atoms with Crippen LogP contribution in [-0.2, 0) is 0 Å². The van der Waals surface area contributed by atoms with Gasteiger partial charge in [0.15, 0.2) is 11.5 Å². The Morgan fingerprint density at radius 1 is 0.862 bits per heavy atom. The second kappa shape index (κ2) is 8.10. The number of amides is 1. The number of furan rings is 1. The van der Waals surface area contributed by atoms with Gasteiger partial charge in [-0.25, -0.2) is 0 Å². The van der Waals surface area contributed by atoms with Gasteiger partial charge in [0.1, 0.15) is 17.4 Å². The van der Waals surface area contributed by atoms with E-state index in [4.69, 9.17) is 13.9 Å². The van der Waals surface area contributed by atoms with Crippen LogP contribution in [-0.4, -0.2) is 20.1 Å². The zero-order chi connectivity index (χ0) is 20.2. The first kappa shape index (κ1) is 18.6. The number of hydrogen-bond acceptors (Lipinski definition) is 4.